The van der Waals surface area contributed by atoms with Gasteiger partial charge in [-0.1, -0.05) is 62.4 Å². The molecule has 1 heterocycles. The minimum absolute atomic E-state index is 0.0613. The van der Waals surface area contributed by atoms with Gasteiger partial charge in [-0.25, -0.2) is 4.39 Å². The Morgan fingerprint density at radius 2 is 1.52 bits per heavy atom. The Bertz CT molecular complexity index is 1850. The van der Waals surface area contributed by atoms with Crippen LogP contribution in [0.25, 0.3) is 22.4 Å². The standard InChI is InChI=1S/C38H43FN4O11/c1-25(2)36-35(38(47)40-29-12-7-4-8-13-29)34(26-10-5-3-6-11-26)37(27-15-17-28(39)18-16-27)41(36)20-19-30(44)22-31(45)23-33(46)52-21-9-14-32(54-43(50)51)24-53-42(48)49/h3-8,10-13,15-18,25,30-32,44-45H,9,14,19-24H2,1-2H3,(H,40,47)/t30-,31-,32?/m1/s1. The number of benzene rings is 3. The number of aliphatic hydroxyl groups is 2. The average molecular weight is 751 g/mol. The van der Waals surface area contributed by atoms with E-state index in [9.17, 15) is 44.4 Å². The number of carbonyl (C=O) groups excluding carboxylic acids is 2. The molecule has 1 amide bonds. The molecule has 0 aliphatic rings. The van der Waals surface area contributed by atoms with Crippen molar-refractivity contribution in [1.82, 2.24) is 4.57 Å². The van der Waals surface area contributed by atoms with Crippen molar-refractivity contribution in [3.8, 4) is 22.4 Å². The fraction of sp³-hybridized carbons (Fsp3) is 0.368. The van der Waals surface area contributed by atoms with E-state index in [0.717, 1.165) is 5.56 Å². The van der Waals surface area contributed by atoms with Gasteiger partial charge in [0, 0.05) is 23.5 Å². The molecule has 3 atom stereocenters. The third-order valence-electron chi connectivity index (χ3n) is 8.46. The molecule has 4 aromatic rings. The summed E-state index contributed by atoms with van der Waals surface area (Å²) in [5.41, 5.74) is 4.41. The fourth-order valence-electron chi connectivity index (χ4n) is 6.18. The summed E-state index contributed by atoms with van der Waals surface area (Å²) >= 11 is 0. The molecule has 3 aromatic carbocycles. The molecule has 0 saturated carbocycles. The van der Waals surface area contributed by atoms with Crippen molar-refractivity contribution in [2.45, 2.75) is 76.7 Å². The van der Waals surface area contributed by atoms with Gasteiger partial charge >= 0.3 is 5.97 Å². The van der Waals surface area contributed by atoms with E-state index in [1.165, 1.54) is 12.1 Å². The SMILES string of the molecule is CC(C)c1c(C(=O)Nc2ccccc2)c(-c2ccccc2)c(-c2ccc(F)cc2)n1CC[C@@H](O)C[C@@H](O)CC(=O)OCCCC(CO[N+](=O)[O-])O[N+](=O)[O-]. The number of esters is 1. The molecule has 1 aromatic heterocycles. The van der Waals surface area contributed by atoms with Crippen molar-refractivity contribution in [1.29, 1.82) is 0 Å². The quantitative estimate of drug-likeness (QED) is 0.0371. The molecule has 0 aliphatic carbocycles. The van der Waals surface area contributed by atoms with Crippen LogP contribution in [0.3, 0.4) is 0 Å². The first-order chi connectivity index (χ1) is 25.8. The van der Waals surface area contributed by atoms with Gasteiger partial charge in [0.1, 0.15) is 18.5 Å². The van der Waals surface area contributed by atoms with Crippen LogP contribution in [0.2, 0.25) is 0 Å². The maximum absolute atomic E-state index is 14.2. The molecular formula is C38H43FN4O11. The number of nitrogens with zero attached hydrogens (tertiary/aromatic N) is 3. The van der Waals surface area contributed by atoms with Crippen LogP contribution >= 0.6 is 0 Å². The van der Waals surface area contributed by atoms with Crippen molar-refractivity contribution in [2.24, 2.45) is 0 Å². The lowest BCUT2D eigenvalue weighted by molar-refractivity contribution is -0.790. The van der Waals surface area contributed by atoms with E-state index in [0.29, 0.717) is 33.8 Å². The Morgan fingerprint density at radius 1 is 0.870 bits per heavy atom. The number of ether oxygens (including phenoxy) is 1. The number of nitrogens with one attached hydrogen (secondary N) is 1. The van der Waals surface area contributed by atoms with Crippen LogP contribution in [-0.2, 0) is 25.8 Å². The second-order valence-electron chi connectivity index (χ2n) is 12.9. The van der Waals surface area contributed by atoms with E-state index in [2.05, 4.69) is 15.0 Å². The summed E-state index contributed by atoms with van der Waals surface area (Å²) in [7, 11) is 0. The largest absolute Gasteiger partial charge is 0.466 e. The number of para-hydroxylation sites is 1. The monoisotopic (exact) mass is 750 g/mol. The van der Waals surface area contributed by atoms with Crippen molar-refractivity contribution >= 4 is 17.6 Å². The molecule has 0 bridgehead atoms. The number of hydrogen-bond donors (Lipinski definition) is 3. The summed E-state index contributed by atoms with van der Waals surface area (Å²) in [4.78, 5) is 56.1. The number of amides is 1. The molecule has 4 rings (SSSR count). The van der Waals surface area contributed by atoms with Crippen molar-refractivity contribution < 1.29 is 48.8 Å². The molecule has 0 saturated heterocycles. The second-order valence-corrected chi connectivity index (χ2v) is 12.9. The van der Waals surface area contributed by atoms with E-state index in [-0.39, 0.29) is 50.7 Å². The van der Waals surface area contributed by atoms with E-state index in [4.69, 9.17) is 4.74 Å². The molecule has 16 heteroatoms. The molecule has 0 fully saturated rings. The zero-order valence-corrected chi connectivity index (χ0v) is 29.8. The lowest BCUT2D eigenvalue weighted by atomic mass is 9.94. The van der Waals surface area contributed by atoms with E-state index < -0.39 is 53.3 Å². The van der Waals surface area contributed by atoms with Gasteiger partial charge in [-0.2, -0.15) is 0 Å². The number of carbonyl (C=O) groups is 2. The van der Waals surface area contributed by atoms with Gasteiger partial charge in [-0.3, -0.25) is 9.59 Å². The van der Waals surface area contributed by atoms with Gasteiger partial charge < -0.3 is 34.5 Å². The number of rotatable bonds is 21. The van der Waals surface area contributed by atoms with Gasteiger partial charge in [0.15, 0.2) is 0 Å². The molecule has 288 valence electrons. The molecule has 1 unspecified atom stereocenters. The maximum Gasteiger partial charge on any atom is 0.308 e. The fourth-order valence-corrected chi connectivity index (χ4v) is 6.18. The molecule has 54 heavy (non-hydrogen) atoms. The summed E-state index contributed by atoms with van der Waals surface area (Å²) in [5, 5.41) is 43.5. The lowest BCUT2D eigenvalue weighted by Crippen LogP contribution is -2.25. The zero-order valence-electron chi connectivity index (χ0n) is 29.8. The van der Waals surface area contributed by atoms with Crippen LogP contribution in [0, 0.1) is 26.0 Å². The number of halogens is 1. The minimum atomic E-state index is -1.27. The summed E-state index contributed by atoms with van der Waals surface area (Å²) < 4.78 is 21.2. The summed E-state index contributed by atoms with van der Waals surface area (Å²) in [6, 6.07) is 24.4. The highest BCUT2D eigenvalue weighted by Crippen LogP contribution is 2.42. The highest BCUT2D eigenvalue weighted by atomic mass is 19.1. The van der Waals surface area contributed by atoms with Crippen LogP contribution < -0.4 is 5.32 Å². The van der Waals surface area contributed by atoms with Crippen LogP contribution in [-0.4, -0.2) is 68.4 Å². The number of anilines is 1. The zero-order chi connectivity index (χ0) is 39.2. The second kappa shape index (κ2) is 19.8. The predicted molar refractivity (Wildman–Crippen MR) is 195 cm³/mol. The Morgan fingerprint density at radius 3 is 2.13 bits per heavy atom. The summed E-state index contributed by atoms with van der Waals surface area (Å²) in [5.74, 6) is -1.73. The number of aliphatic hydroxyl groups excluding tert-OH is 2. The summed E-state index contributed by atoms with van der Waals surface area (Å²) in [6.07, 6.45) is -4.13. The van der Waals surface area contributed by atoms with Gasteiger partial charge in [-0.15, -0.1) is 20.2 Å². The first-order valence-electron chi connectivity index (χ1n) is 17.4. The van der Waals surface area contributed by atoms with Crippen molar-refractivity contribution in [3.63, 3.8) is 0 Å². The average Bonchev–Trinajstić information content (AvgIpc) is 3.48. The van der Waals surface area contributed by atoms with Crippen LogP contribution in [0.5, 0.6) is 0 Å². The molecule has 0 aliphatic heterocycles. The number of aromatic nitrogens is 1. The Balaban J connectivity index is 1.52. The molecule has 3 N–H and O–H groups in total. The third kappa shape index (κ3) is 11.8. The Kier molecular flexibility index (Phi) is 15.0. The lowest BCUT2D eigenvalue weighted by Gasteiger charge is -2.20. The topological polar surface area (TPSA) is 206 Å². The highest BCUT2D eigenvalue weighted by molar-refractivity contribution is 6.12. The Labute approximate surface area is 310 Å². The van der Waals surface area contributed by atoms with Crippen molar-refractivity contribution in [2.75, 3.05) is 18.5 Å². The van der Waals surface area contributed by atoms with Gasteiger partial charge in [-0.05, 0) is 79.1 Å². The maximum atomic E-state index is 14.2. The first kappa shape index (κ1) is 40.9. The Hall–Kier alpha value is -5.87. The van der Waals surface area contributed by atoms with Crippen LogP contribution in [0.15, 0.2) is 84.9 Å². The summed E-state index contributed by atoms with van der Waals surface area (Å²) in [6.45, 7) is 3.23. The minimum Gasteiger partial charge on any atom is -0.466 e. The predicted octanol–water partition coefficient (Wildman–Crippen LogP) is 6.34. The number of hydrogen-bond acceptors (Lipinski definition) is 11. The van der Waals surface area contributed by atoms with Gasteiger partial charge in [0.05, 0.1) is 36.5 Å². The van der Waals surface area contributed by atoms with Crippen LogP contribution in [0.1, 0.15) is 67.9 Å². The van der Waals surface area contributed by atoms with Crippen LogP contribution in [0.4, 0.5) is 10.1 Å². The molecule has 0 spiro atoms. The van der Waals surface area contributed by atoms with E-state index in [1.54, 1.807) is 24.3 Å². The molecular weight excluding hydrogens is 707 g/mol. The molecule has 0 radical (unpaired) electrons. The van der Waals surface area contributed by atoms with Gasteiger partial charge in [0.2, 0.25) is 0 Å². The van der Waals surface area contributed by atoms with Gasteiger partial charge in [0.25, 0.3) is 16.1 Å². The highest BCUT2D eigenvalue weighted by Gasteiger charge is 2.31. The first-order valence-corrected chi connectivity index (χ1v) is 17.4. The van der Waals surface area contributed by atoms with E-state index >= 15 is 0 Å². The smallest absolute Gasteiger partial charge is 0.308 e. The normalized spacial score (nSPS) is 12.8. The molecule has 15 nitrogen and oxygen atoms in total. The van der Waals surface area contributed by atoms with E-state index in [1.807, 2.05) is 66.9 Å². The third-order valence-corrected chi connectivity index (χ3v) is 8.46. The van der Waals surface area contributed by atoms with Crippen molar-refractivity contribution in [3.05, 3.63) is 122 Å².